The second kappa shape index (κ2) is 7.43. The number of aliphatic carboxylic acids is 1. The molecule has 1 aliphatic heterocycles. The predicted octanol–water partition coefficient (Wildman–Crippen LogP) is 1.97. The molecule has 1 amide bonds. The Morgan fingerprint density at radius 2 is 2.14 bits per heavy atom. The molecule has 1 aromatic carbocycles. The lowest BCUT2D eigenvalue weighted by molar-refractivity contribution is -0.147. The van der Waals surface area contributed by atoms with Crippen molar-refractivity contribution in [2.24, 2.45) is 0 Å². The van der Waals surface area contributed by atoms with E-state index in [0.717, 1.165) is 5.56 Å². The average Bonchev–Trinajstić information content (AvgIpc) is 2.45. The van der Waals surface area contributed by atoms with Crippen molar-refractivity contribution >= 4 is 23.5 Å². The molecule has 0 aromatic heterocycles. The molecule has 5 nitrogen and oxygen atoms in total. The molecular formula is C15H18ClNO4. The molecule has 1 atom stereocenters. The third-order valence-corrected chi connectivity index (χ3v) is 3.83. The average molecular weight is 312 g/mol. The maximum atomic E-state index is 12.2. The number of nitrogens with zero attached hydrogens (tertiary/aromatic N) is 1. The SMILES string of the molecule is O=C(O)CC1CN(C(=O)CCc2ccccc2Cl)CCO1. The molecule has 1 aromatic rings. The monoisotopic (exact) mass is 311 g/mol. The molecule has 0 bridgehead atoms. The first-order valence-corrected chi connectivity index (χ1v) is 7.28. The lowest BCUT2D eigenvalue weighted by Gasteiger charge is -2.32. The zero-order valence-corrected chi connectivity index (χ0v) is 12.4. The Morgan fingerprint density at radius 3 is 2.86 bits per heavy atom. The van der Waals surface area contributed by atoms with E-state index in [2.05, 4.69) is 0 Å². The molecule has 6 heteroatoms. The molecule has 21 heavy (non-hydrogen) atoms. The maximum absolute atomic E-state index is 12.2. The van der Waals surface area contributed by atoms with Gasteiger partial charge in [0.1, 0.15) is 0 Å². The van der Waals surface area contributed by atoms with E-state index < -0.39 is 12.1 Å². The second-order valence-electron chi connectivity index (χ2n) is 5.02. The van der Waals surface area contributed by atoms with Crippen molar-refractivity contribution in [3.8, 4) is 0 Å². The van der Waals surface area contributed by atoms with Crippen LogP contribution >= 0.6 is 11.6 Å². The number of carbonyl (C=O) groups excluding carboxylic acids is 1. The first-order chi connectivity index (χ1) is 10.1. The van der Waals surface area contributed by atoms with E-state index >= 15 is 0 Å². The van der Waals surface area contributed by atoms with E-state index in [-0.39, 0.29) is 12.3 Å². The van der Waals surface area contributed by atoms with Crippen molar-refractivity contribution in [1.29, 1.82) is 0 Å². The van der Waals surface area contributed by atoms with Gasteiger partial charge in [0.25, 0.3) is 0 Å². The highest BCUT2D eigenvalue weighted by Crippen LogP contribution is 2.17. The third kappa shape index (κ3) is 4.72. The zero-order chi connectivity index (χ0) is 15.2. The van der Waals surface area contributed by atoms with Crippen molar-refractivity contribution in [1.82, 2.24) is 4.90 Å². The topological polar surface area (TPSA) is 66.8 Å². The Hall–Kier alpha value is -1.59. The number of benzene rings is 1. The van der Waals surface area contributed by atoms with Gasteiger partial charge in [-0.25, -0.2) is 0 Å². The Kier molecular flexibility index (Phi) is 5.59. The van der Waals surface area contributed by atoms with E-state index in [1.807, 2.05) is 18.2 Å². The van der Waals surface area contributed by atoms with Gasteiger partial charge in [0.15, 0.2) is 0 Å². The van der Waals surface area contributed by atoms with Crippen LogP contribution in [0.2, 0.25) is 5.02 Å². The summed E-state index contributed by atoms with van der Waals surface area (Å²) in [7, 11) is 0. The summed E-state index contributed by atoms with van der Waals surface area (Å²) in [6.07, 6.45) is 0.456. The Morgan fingerprint density at radius 1 is 1.38 bits per heavy atom. The molecule has 1 N–H and O–H groups in total. The minimum Gasteiger partial charge on any atom is -0.481 e. The lowest BCUT2D eigenvalue weighted by Crippen LogP contribution is -2.46. The molecule has 114 valence electrons. The highest BCUT2D eigenvalue weighted by molar-refractivity contribution is 6.31. The summed E-state index contributed by atoms with van der Waals surface area (Å²) in [5.74, 6) is -0.904. The fourth-order valence-corrected chi connectivity index (χ4v) is 2.60. The van der Waals surface area contributed by atoms with Crippen molar-refractivity contribution in [3.05, 3.63) is 34.9 Å². The van der Waals surface area contributed by atoms with Gasteiger partial charge >= 0.3 is 5.97 Å². The molecule has 1 fully saturated rings. The van der Waals surface area contributed by atoms with Crippen LogP contribution in [0.5, 0.6) is 0 Å². The molecule has 2 rings (SSSR count). The Labute approximate surface area is 128 Å². The maximum Gasteiger partial charge on any atom is 0.306 e. The van der Waals surface area contributed by atoms with Crippen LogP contribution in [0.25, 0.3) is 0 Å². The molecule has 0 radical (unpaired) electrons. The largest absolute Gasteiger partial charge is 0.481 e. The minimum absolute atomic E-state index is 0.00797. The summed E-state index contributed by atoms with van der Waals surface area (Å²) >= 11 is 6.06. The number of aryl methyl sites for hydroxylation is 1. The van der Waals surface area contributed by atoms with Crippen LogP contribution in [0.4, 0.5) is 0 Å². The summed E-state index contributed by atoms with van der Waals surface area (Å²) in [5.41, 5.74) is 0.947. The van der Waals surface area contributed by atoms with Gasteiger partial charge in [-0.3, -0.25) is 9.59 Å². The van der Waals surface area contributed by atoms with Crippen molar-refractivity contribution in [2.45, 2.75) is 25.4 Å². The Balaban J connectivity index is 1.85. The van der Waals surface area contributed by atoms with Crippen LogP contribution in [0, 0.1) is 0 Å². The number of halogens is 1. The highest BCUT2D eigenvalue weighted by Gasteiger charge is 2.25. The lowest BCUT2D eigenvalue weighted by atomic mass is 10.1. The van der Waals surface area contributed by atoms with Crippen LogP contribution in [0.3, 0.4) is 0 Å². The summed E-state index contributed by atoms with van der Waals surface area (Å²) in [6.45, 7) is 1.24. The number of carboxylic acid groups (broad SMARTS) is 1. The van der Waals surface area contributed by atoms with Crippen LogP contribution in [0.1, 0.15) is 18.4 Å². The number of carboxylic acids is 1. The fourth-order valence-electron chi connectivity index (χ4n) is 2.36. The van der Waals surface area contributed by atoms with Gasteiger partial charge in [0, 0.05) is 24.5 Å². The van der Waals surface area contributed by atoms with Crippen LogP contribution in [-0.2, 0) is 20.7 Å². The van der Waals surface area contributed by atoms with Gasteiger partial charge in [-0.15, -0.1) is 0 Å². The summed E-state index contributed by atoms with van der Waals surface area (Å²) < 4.78 is 5.36. The third-order valence-electron chi connectivity index (χ3n) is 3.46. The summed E-state index contributed by atoms with van der Waals surface area (Å²) in [4.78, 5) is 24.6. The number of hydrogen-bond acceptors (Lipinski definition) is 3. The summed E-state index contributed by atoms with van der Waals surface area (Å²) in [5, 5.41) is 9.44. The number of carbonyl (C=O) groups is 2. The van der Waals surface area contributed by atoms with Gasteiger partial charge < -0.3 is 14.7 Å². The first-order valence-electron chi connectivity index (χ1n) is 6.91. The first kappa shape index (κ1) is 15.8. The van der Waals surface area contributed by atoms with Gasteiger partial charge in [-0.05, 0) is 18.1 Å². The number of ether oxygens (including phenoxy) is 1. The van der Waals surface area contributed by atoms with Crippen LogP contribution in [-0.4, -0.2) is 47.7 Å². The van der Waals surface area contributed by atoms with E-state index in [1.165, 1.54) is 0 Å². The minimum atomic E-state index is -0.912. The second-order valence-corrected chi connectivity index (χ2v) is 5.43. The van der Waals surface area contributed by atoms with Crippen LogP contribution < -0.4 is 0 Å². The smallest absolute Gasteiger partial charge is 0.306 e. The van der Waals surface area contributed by atoms with Crippen molar-refractivity contribution < 1.29 is 19.4 Å². The van der Waals surface area contributed by atoms with Gasteiger partial charge in [-0.1, -0.05) is 29.8 Å². The molecule has 1 unspecified atom stereocenters. The molecule has 0 spiro atoms. The number of amides is 1. The molecule has 0 aliphatic carbocycles. The molecule has 1 heterocycles. The normalized spacial score (nSPS) is 18.5. The number of hydrogen-bond donors (Lipinski definition) is 1. The predicted molar refractivity (Wildman–Crippen MR) is 78.3 cm³/mol. The van der Waals surface area contributed by atoms with E-state index in [4.69, 9.17) is 21.4 Å². The van der Waals surface area contributed by atoms with Crippen molar-refractivity contribution in [3.63, 3.8) is 0 Å². The van der Waals surface area contributed by atoms with E-state index in [9.17, 15) is 9.59 Å². The van der Waals surface area contributed by atoms with E-state index in [1.54, 1.807) is 11.0 Å². The molecule has 1 aliphatic rings. The zero-order valence-electron chi connectivity index (χ0n) is 11.6. The van der Waals surface area contributed by atoms with Gasteiger partial charge in [-0.2, -0.15) is 0 Å². The Bertz CT molecular complexity index is 520. The van der Waals surface area contributed by atoms with Crippen molar-refractivity contribution in [2.75, 3.05) is 19.7 Å². The van der Waals surface area contributed by atoms with Gasteiger partial charge in [0.2, 0.25) is 5.91 Å². The quantitative estimate of drug-likeness (QED) is 0.903. The number of rotatable bonds is 5. The fraction of sp³-hybridized carbons (Fsp3) is 0.467. The highest BCUT2D eigenvalue weighted by atomic mass is 35.5. The standard InChI is InChI=1S/C15H18ClNO4/c16-13-4-2-1-3-11(13)5-6-14(18)17-7-8-21-12(10-17)9-15(19)20/h1-4,12H,5-10H2,(H,19,20). The number of morpholine rings is 1. The summed E-state index contributed by atoms with van der Waals surface area (Å²) in [6, 6.07) is 7.45. The molecular weight excluding hydrogens is 294 g/mol. The van der Waals surface area contributed by atoms with Crippen LogP contribution in [0.15, 0.2) is 24.3 Å². The molecule has 0 saturated carbocycles. The molecule has 1 saturated heterocycles. The van der Waals surface area contributed by atoms with Gasteiger partial charge in [0.05, 0.1) is 19.1 Å². The van der Waals surface area contributed by atoms with E-state index in [0.29, 0.717) is 37.6 Å².